The molecule has 1 heterocycles. The van der Waals surface area contributed by atoms with Crippen LogP contribution in [0.1, 0.15) is 24.2 Å². The SMILES string of the molecule is CC(NCc1ccc(Br)cn1)c1cccc(F)c1. The predicted molar refractivity (Wildman–Crippen MR) is 73.6 cm³/mol. The van der Waals surface area contributed by atoms with E-state index < -0.39 is 0 Å². The quantitative estimate of drug-likeness (QED) is 0.928. The number of nitrogens with zero attached hydrogens (tertiary/aromatic N) is 1. The molecule has 18 heavy (non-hydrogen) atoms. The van der Waals surface area contributed by atoms with Crippen molar-refractivity contribution in [3.63, 3.8) is 0 Å². The van der Waals surface area contributed by atoms with Crippen LogP contribution in [0, 0.1) is 5.82 Å². The standard InChI is InChI=1S/C14H14BrFN2/c1-10(11-3-2-4-13(16)7-11)17-9-14-6-5-12(15)8-18-14/h2-8,10,17H,9H2,1H3. The Labute approximate surface area is 114 Å². The normalized spacial score (nSPS) is 12.4. The van der Waals surface area contributed by atoms with Crippen molar-refractivity contribution in [3.8, 4) is 0 Å². The second-order valence-electron chi connectivity index (χ2n) is 4.13. The van der Waals surface area contributed by atoms with Crippen LogP contribution in [-0.4, -0.2) is 4.98 Å². The third-order valence-electron chi connectivity index (χ3n) is 2.73. The molecule has 0 fully saturated rings. The summed E-state index contributed by atoms with van der Waals surface area (Å²) in [6.07, 6.45) is 1.77. The summed E-state index contributed by atoms with van der Waals surface area (Å²) in [5.41, 5.74) is 1.90. The fourth-order valence-electron chi connectivity index (χ4n) is 1.66. The average molecular weight is 309 g/mol. The highest BCUT2D eigenvalue weighted by Crippen LogP contribution is 2.14. The van der Waals surface area contributed by atoms with Crippen LogP contribution in [0.5, 0.6) is 0 Å². The Morgan fingerprint density at radius 2 is 2.17 bits per heavy atom. The van der Waals surface area contributed by atoms with Crippen molar-refractivity contribution in [3.05, 3.63) is 64.1 Å². The van der Waals surface area contributed by atoms with Gasteiger partial charge in [0, 0.05) is 23.3 Å². The van der Waals surface area contributed by atoms with Crippen molar-refractivity contribution in [2.45, 2.75) is 19.5 Å². The molecule has 0 aliphatic heterocycles. The monoisotopic (exact) mass is 308 g/mol. The highest BCUT2D eigenvalue weighted by atomic mass is 79.9. The third kappa shape index (κ3) is 3.62. The molecule has 1 N–H and O–H groups in total. The average Bonchev–Trinajstić information content (AvgIpc) is 2.38. The maximum Gasteiger partial charge on any atom is 0.123 e. The van der Waals surface area contributed by atoms with Crippen molar-refractivity contribution >= 4 is 15.9 Å². The van der Waals surface area contributed by atoms with Gasteiger partial charge in [0.2, 0.25) is 0 Å². The molecule has 1 aromatic heterocycles. The summed E-state index contributed by atoms with van der Waals surface area (Å²) >= 11 is 3.35. The van der Waals surface area contributed by atoms with Crippen LogP contribution in [0.25, 0.3) is 0 Å². The van der Waals surface area contributed by atoms with Gasteiger partial charge >= 0.3 is 0 Å². The van der Waals surface area contributed by atoms with E-state index in [-0.39, 0.29) is 11.9 Å². The zero-order valence-corrected chi connectivity index (χ0v) is 11.6. The van der Waals surface area contributed by atoms with Crippen molar-refractivity contribution in [1.82, 2.24) is 10.3 Å². The molecule has 1 unspecified atom stereocenters. The van der Waals surface area contributed by atoms with Gasteiger partial charge in [0.25, 0.3) is 0 Å². The lowest BCUT2D eigenvalue weighted by molar-refractivity contribution is 0.559. The maximum absolute atomic E-state index is 13.1. The van der Waals surface area contributed by atoms with Crippen LogP contribution in [-0.2, 0) is 6.54 Å². The lowest BCUT2D eigenvalue weighted by atomic mass is 10.1. The van der Waals surface area contributed by atoms with Gasteiger partial charge in [0.05, 0.1) is 5.69 Å². The lowest BCUT2D eigenvalue weighted by Crippen LogP contribution is -2.18. The molecule has 1 atom stereocenters. The minimum Gasteiger partial charge on any atom is -0.305 e. The largest absolute Gasteiger partial charge is 0.305 e. The van der Waals surface area contributed by atoms with Gasteiger partial charge in [-0.1, -0.05) is 12.1 Å². The Balaban J connectivity index is 1.96. The highest BCUT2D eigenvalue weighted by molar-refractivity contribution is 9.10. The molecule has 94 valence electrons. The van der Waals surface area contributed by atoms with Crippen molar-refractivity contribution in [1.29, 1.82) is 0 Å². The first-order valence-corrected chi connectivity index (χ1v) is 6.54. The molecule has 0 bridgehead atoms. The number of halogens is 2. The minimum atomic E-state index is -0.206. The van der Waals surface area contributed by atoms with Crippen LogP contribution >= 0.6 is 15.9 Å². The summed E-state index contributed by atoms with van der Waals surface area (Å²) in [7, 11) is 0. The molecule has 2 aromatic rings. The third-order valence-corrected chi connectivity index (χ3v) is 3.20. The molecule has 4 heteroatoms. The molecule has 1 aromatic carbocycles. The molecule has 0 radical (unpaired) electrons. The van der Waals surface area contributed by atoms with Crippen molar-refractivity contribution in [2.24, 2.45) is 0 Å². The van der Waals surface area contributed by atoms with E-state index in [0.717, 1.165) is 15.7 Å². The Morgan fingerprint density at radius 3 is 2.83 bits per heavy atom. The number of pyridine rings is 1. The van der Waals surface area contributed by atoms with Gasteiger partial charge in [-0.2, -0.15) is 0 Å². The Bertz CT molecular complexity index is 513. The number of hydrogen-bond acceptors (Lipinski definition) is 2. The van der Waals surface area contributed by atoms with Gasteiger partial charge in [0.1, 0.15) is 5.82 Å². The van der Waals surface area contributed by atoms with Gasteiger partial charge in [-0.3, -0.25) is 4.98 Å². The smallest absolute Gasteiger partial charge is 0.123 e. The topological polar surface area (TPSA) is 24.9 Å². The summed E-state index contributed by atoms with van der Waals surface area (Å²) in [5.74, 6) is -0.206. The van der Waals surface area contributed by atoms with E-state index >= 15 is 0 Å². The summed E-state index contributed by atoms with van der Waals surface area (Å²) in [5, 5.41) is 3.32. The molecule has 0 saturated carbocycles. The number of hydrogen-bond donors (Lipinski definition) is 1. The van der Waals surface area contributed by atoms with Crippen LogP contribution in [0.4, 0.5) is 4.39 Å². The van der Waals surface area contributed by atoms with E-state index in [0.29, 0.717) is 6.54 Å². The van der Waals surface area contributed by atoms with Crippen molar-refractivity contribution < 1.29 is 4.39 Å². The Morgan fingerprint density at radius 1 is 1.33 bits per heavy atom. The zero-order chi connectivity index (χ0) is 13.0. The second kappa shape index (κ2) is 6.07. The maximum atomic E-state index is 13.1. The number of nitrogens with one attached hydrogen (secondary N) is 1. The van der Waals surface area contributed by atoms with Crippen molar-refractivity contribution in [2.75, 3.05) is 0 Å². The molecule has 0 aliphatic rings. The molecule has 2 rings (SSSR count). The fourth-order valence-corrected chi connectivity index (χ4v) is 1.90. The minimum absolute atomic E-state index is 0.0890. The Kier molecular flexibility index (Phi) is 4.44. The molecule has 0 saturated heterocycles. The lowest BCUT2D eigenvalue weighted by Gasteiger charge is -2.14. The number of rotatable bonds is 4. The van der Waals surface area contributed by atoms with Crippen LogP contribution in [0.15, 0.2) is 47.1 Å². The van der Waals surface area contributed by atoms with Gasteiger partial charge in [-0.15, -0.1) is 0 Å². The van der Waals surface area contributed by atoms with E-state index in [1.54, 1.807) is 18.3 Å². The predicted octanol–water partition coefficient (Wildman–Crippen LogP) is 3.83. The number of benzene rings is 1. The molecular formula is C14H14BrFN2. The van der Waals surface area contributed by atoms with E-state index in [1.165, 1.54) is 6.07 Å². The molecule has 2 nitrogen and oxygen atoms in total. The Hall–Kier alpha value is -1.26. The second-order valence-corrected chi connectivity index (χ2v) is 5.04. The van der Waals surface area contributed by atoms with Gasteiger partial charge in [0.15, 0.2) is 0 Å². The van der Waals surface area contributed by atoms with E-state index in [9.17, 15) is 4.39 Å². The van der Waals surface area contributed by atoms with E-state index in [2.05, 4.69) is 26.2 Å². The zero-order valence-electron chi connectivity index (χ0n) is 10.0. The van der Waals surface area contributed by atoms with Crippen LogP contribution in [0.2, 0.25) is 0 Å². The molecule has 0 aliphatic carbocycles. The fraction of sp³-hybridized carbons (Fsp3) is 0.214. The van der Waals surface area contributed by atoms with Gasteiger partial charge in [-0.05, 0) is 52.7 Å². The van der Waals surface area contributed by atoms with Gasteiger partial charge in [-0.25, -0.2) is 4.39 Å². The summed E-state index contributed by atoms with van der Waals surface area (Å²) in [4.78, 5) is 4.28. The molecular weight excluding hydrogens is 295 g/mol. The first kappa shape index (κ1) is 13.2. The number of aromatic nitrogens is 1. The van der Waals surface area contributed by atoms with Crippen LogP contribution < -0.4 is 5.32 Å². The summed E-state index contributed by atoms with van der Waals surface area (Å²) in [6, 6.07) is 10.6. The summed E-state index contributed by atoms with van der Waals surface area (Å²) in [6.45, 7) is 2.67. The molecule has 0 amide bonds. The first-order chi connectivity index (χ1) is 8.65. The highest BCUT2D eigenvalue weighted by Gasteiger charge is 2.05. The van der Waals surface area contributed by atoms with Gasteiger partial charge < -0.3 is 5.32 Å². The molecule has 0 spiro atoms. The van der Waals surface area contributed by atoms with Crippen LogP contribution in [0.3, 0.4) is 0 Å². The van der Waals surface area contributed by atoms with E-state index in [4.69, 9.17) is 0 Å². The first-order valence-electron chi connectivity index (χ1n) is 5.74. The summed E-state index contributed by atoms with van der Waals surface area (Å²) < 4.78 is 14.1. The van der Waals surface area contributed by atoms with E-state index in [1.807, 2.05) is 25.1 Å².